The molecule has 0 fully saturated rings. The van der Waals surface area contributed by atoms with Crippen LogP contribution in [0, 0.1) is 0 Å². The third-order valence-electron chi connectivity index (χ3n) is 3.13. The number of carbonyl (C=O) groups excluding carboxylic acids is 1. The number of ether oxygens (including phenoxy) is 2. The zero-order valence-electron chi connectivity index (χ0n) is 14.5. The smallest absolute Gasteiger partial charge is 0.253 e. The Labute approximate surface area is 142 Å². The number of sulfonamides is 1. The van der Waals surface area contributed by atoms with Crippen molar-refractivity contribution in [3.8, 4) is 11.5 Å². The van der Waals surface area contributed by atoms with Gasteiger partial charge in [0.1, 0.15) is 0 Å². The fourth-order valence-electron chi connectivity index (χ4n) is 2.16. The summed E-state index contributed by atoms with van der Waals surface area (Å²) in [4.78, 5) is 12.0. The molecule has 0 saturated heterocycles. The summed E-state index contributed by atoms with van der Waals surface area (Å²) >= 11 is 0. The summed E-state index contributed by atoms with van der Waals surface area (Å²) in [5.41, 5.74) is 1.79. The first-order valence-electron chi connectivity index (χ1n) is 7.28. The molecule has 9 heteroatoms. The summed E-state index contributed by atoms with van der Waals surface area (Å²) in [6.45, 7) is 5.08. The van der Waals surface area contributed by atoms with Crippen LogP contribution in [0.15, 0.2) is 18.2 Å². The van der Waals surface area contributed by atoms with E-state index in [2.05, 4.69) is 4.72 Å². The first-order valence-corrected chi connectivity index (χ1v) is 8.83. The third kappa shape index (κ3) is 5.36. The standard InChI is InChI=1S/C15H25N3O5S/c1-15(2,3)18-24(20,21)13(14(19)17-16)9-10-6-7-11(22-4)12(8-10)23-5/h6-8,13,18H,9,16H2,1-5H3,(H,17,19)/t13-/m0/s1. The molecule has 24 heavy (non-hydrogen) atoms. The molecule has 0 heterocycles. The number of hydrogen-bond acceptors (Lipinski definition) is 6. The Morgan fingerprint density at radius 2 is 1.79 bits per heavy atom. The average Bonchev–Trinajstić information content (AvgIpc) is 2.49. The lowest BCUT2D eigenvalue weighted by Gasteiger charge is -2.24. The predicted molar refractivity (Wildman–Crippen MR) is 91.2 cm³/mol. The molecule has 136 valence electrons. The Balaban J connectivity index is 3.18. The van der Waals surface area contributed by atoms with Gasteiger partial charge in [0.25, 0.3) is 5.91 Å². The van der Waals surface area contributed by atoms with Gasteiger partial charge in [-0.3, -0.25) is 10.2 Å². The number of benzene rings is 1. The van der Waals surface area contributed by atoms with Crippen molar-refractivity contribution in [3.05, 3.63) is 23.8 Å². The van der Waals surface area contributed by atoms with Crippen molar-refractivity contribution in [3.63, 3.8) is 0 Å². The number of carbonyl (C=O) groups is 1. The highest BCUT2D eigenvalue weighted by Gasteiger charge is 2.35. The van der Waals surface area contributed by atoms with Crippen molar-refractivity contribution >= 4 is 15.9 Å². The van der Waals surface area contributed by atoms with Gasteiger partial charge in [-0.25, -0.2) is 19.0 Å². The third-order valence-corrected chi connectivity index (χ3v) is 5.15. The van der Waals surface area contributed by atoms with Gasteiger partial charge in [-0.15, -0.1) is 0 Å². The molecule has 1 aromatic rings. The van der Waals surface area contributed by atoms with Crippen molar-refractivity contribution in [1.82, 2.24) is 10.1 Å². The largest absolute Gasteiger partial charge is 0.493 e. The minimum atomic E-state index is -3.94. The molecule has 0 spiro atoms. The Bertz CT molecular complexity index is 683. The Morgan fingerprint density at radius 1 is 1.21 bits per heavy atom. The van der Waals surface area contributed by atoms with Gasteiger partial charge in [-0.2, -0.15) is 0 Å². The molecule has 0 aliphatic rings. The lowest BCUT2D eigenvalue weighted by atomic mass is 10.1. The maximum absolute atomic E-state index is 12.5. The van der Waals surface area contributed by atoms with E-state index in [4.69, 9.17) is 15.3 Å². The zero-order valence-corrected chi connectivity index (χ0v) is 15.4. The van der Waals surface area contributed by atoms with Gasteiger partial charge < -0.3 is 9.47 Å². The fraction of sp³-hybridized carbons (Fsp3) is 0.533. The molecular weight excluding hydrogens is 334 g/mol. The molecule has 0 aliphatic carbocycles. The molecule has 1 atom stereocenters. The average molecular weight is 359 g/mol. The molecular formula is C15H25N3O5S. The first-order chi connectivity index (χ1) is 11.0. The van der Waals surface area contributed by atoms with Crippen molar-refractivity contribution in [2.45, 2.75) is 38.0 Å². The highest BCUT2D eigenvalue weighted by atomic mass is 32.2. The van der Waals surface area contributed by atoms with Crippen molar-refractivity contribution < 1.29 is 22.7 Å². The van der Waals surface area contributed by atoms with Crippen LogP contribution < -0.4 is 25.5 Å². The van der Waals surface area contributed by atoms with Gasteiger partial charge in [-0.1, -0.05) is 6.07 Å². The molecule has 0 radical (unpaired) electrons. The van der Waals surface area contributed by atoms with Crippen LogP contribution in [0.25, 0.3) is 0 Å². The van der Waals surface area contributed by atoms with Crippen molar-refractivity contribution in [2.24, 2.45) is 5.84 Å². The number of nitrogens with two attached hydrogens (primary N) is 1. The van der Waals surface area contributed by atoms with E-state index in [1.165, 1.54) is 14.2 Å². The highest BCUT2D eigenvalue weighted by Crippen LogP contribution is 2.28. The molecule has 0 aliphatic heterocycles. The zero-order chi connectivity index (χ0) is 18.5. The topological polar surface area (TPSA) is 120 Å². The van der Waals surface area contributed by atoms with Crippen LogP contribution >= 0.6 is 0 Å². The van der Waals surface area contributed by atoms with Crippen LogP contribution in [0.1, 0.15) is 26.3 Å². The predicted octanol–water partition coefficient (Wildman–Crippen LogP) is 0.323. The van der Waals surface area contributed by atoms with E-state index in [0.29, 0.717) is 17.1 Å². The van der Waals surface area contributed by atoms with E-state index in [-0.39, 0.29) is 6.42 Å². The second-order valence-corrected chi connectivity index (χ2v) is 8.15. The number of nitrogens with one attached hydrogen (secondary N) is 2. The van der Waals surface area contributed by atoms with Gasteiger partial charge in [0, 0.05) is 5.54 Å². The van der Waals surface area contributed by atoms with Crippen LogP contribution in [-0.4, -0.2) is 39.3 Å². The number of amides is 1. The maximum atomic E-state index is 12.5. The van der Waals surface area contributed by atoms with E-state index < -0.39 is 26.7 Å². The molecule has 4 N–H and O–H groups in total. The SMILES string of the molecule is COc1ccc(C[C@@H](C(=O)NN)S(=O)(=O)NC(C)(C)C)cc1OC. The minimum Gasteiger partial charge on any atom is -0.493 e. The molecule has 1 amide bonds. The first kappa shape index (κ1) is 20.2. The van der Waals surface area contributed by atoms with E-state index in [1.54, 1.807) is 39.0 Å². The molecule has 8 nitrogen and oxygen atoms in total. The fourth-order valence-corrected chi connectivity index (χ4v) is 3.91. The van der Waals surface area contributed by atoms with Gasteiger partial charge >= 0.3 is 0 Å². The number of rotatable bonds is 7. The van der Waals surface area contributed by atoms with Gasteiger partial charge in [0.15, 0.2) is 16.7 Å². The molecule has 0 saturated carbocycles. The van der Waals surface area contributed by atoms with Crippen LogP contribution in [0.5, 0.6) is 11.5 Å². The quantitative estimate of drug-likeness (QED) is 0.366. The van der Waals surface area contributed by atoms with Crippen molar-refractivity contribution in [2.75, 3.05) is 14.2 Å². The number of methoxy groups -OCH3 is 2. The lowest BCUT2D eigenvalue weighted by Crippen LogP contribution is -2.52. The summed E-state index contributed by atoms with van der Waals surface area (Å²) < 4.78 is 37.9. The number of hydrazine groups is 1. The molecule has 1 aromatic carbocycles. The van der Waals surface area contributed by atoms with Gasteiger partial charge in [-0.05, 0) is 44.9 Å². The maximum Gasteiger partial charge on any atom is 0.253 e. The molecule has 0 aromatic heterocycles. The van der Waals surface area contributed by atoms with Crippen LogP contribution in [-0.2, 0) is 21.2 Å². The van der Waals surface area contributed by atoms with Crippen LogP contribution in [0.2, 0.25) is 0 Å². The minimum absolute atomic E-state index is 0.0607. The second-order valence-electron chi connectivity index (χ2n) is 6.29. The monoisotopic (exact) mass is 359 g/mol. The number of hydrogen-bond donors (Lipinski definition) is 3. The van der Waals surface area contributed by atoms with Gasteiger partial charge in [0.2, 0.25) is 10.0 Å². The summed E-state index contributed by atoms with van der Waals surface area (Å²) in [6, 6.07) is 4.95. The second kappa shape index (κ2) is 7.82. The molecule has 0 bridgehead atoms. The summed E-state index contributed by atoms with van der Waals surface area (Å²) in [5.74, 6) is 5.32. The van der Waals surface area contributed by atoms with E-state index in [0.717, 1.165) is 0 Å². The lowest BCUT2D eigenvalue weighted by molar-refractivity contribution is -0.120. The Kier molecular flexibility index (Phi) is 6.58. The Morgan fingerprint density at radius 3 is 2.25 bits per heavy atom. The summed E-state index contributed by atoms with van der Waals surface area (Å²) in [5, 5.41) is -1.38. The highest BCUT2D eigenvalue weighted by molar-refractivity contribution is 7.90. The van der Waals surface area contributed by atoms with E-state index >= 15 is 0 Å². The molecule has 1 rings (SSSR count). The summed E-state index contributed by atoms with van der Waals surface area (Å²) in [7, 11) is -0.963. The van der Waals surface area contributed by atoms with Gasteiger partial charge in [0.05, 0.1) is 14.2 Å². The van der Waals surface area contributed by atoms with E-state index in [1.807, 2.05) is 5.43 Å². The summed E-state index contributed by atoms with van der Waals surface area (Å²) in [6.07, 6.45) is -0.0607. The van der Waals surface area contributed by atoms with E-state index in [9.17, 15) is 13.2 Å². The van der Waals surface area contributed by atoms with Crippen molar-refractivity contribution in [1.29, 1.82) is 0 Å². The Hall–Kier alpha value is -1.84. The molecule has 0 unspecified atom stereocenters. The van der Waals surface area contributed by atoms with Crippen LogP contribution in [0.3, 0.4) is 0 Å². The van der Waals surface area contributed by atoms with Crippen LogP contribution in [0.4, 0.5) is 0 Å². The normalized spacial score (nSPS) is 13.2.